The fraction of sp³-hybridized carbons (Fsp3) is 0.273. The normalized spacial score (nSPS) is 18.0. The van der Waals surface area contributed by atoms with Crippen LogP contribution in [0.15, 0.2) is 53.3 Å². The summed E-state index contributed by atoms with van der Waals surface area (Å²) in [4.78, 5) is 34.2. The van der Waals surface area contributed by atoms with E-state index >= 15 is 0 Å². The van der Waals surface area contributed by atoms with Crippen LogP contribution in [0.1, 0.15) is 11.5 Å². The number of H-pyrrole nitrogens is 1. The summed E-state index contributed by atoms with van der Waals surface area (Å²) in [6, 6.07) is 7.54. The topological polar surface area (TPSA) is 84.5 Å². The Morgan fingerprint density at radius 2 is 2.10 bits per heavy atom. The van der Waals surface area contributed by atoms with Gasteiger partial charge in [0.2, 0.25) is 0 Å². The standard InChI is InChI=1S/C22H21N3O4/c1-13-23-17-10-11-25(18-7-5-4-6-14(18)20(17)24-13)19-9-8-15(22(27)29-3)21(28-2)16(19)12-26/h4-9,19H,10-11H2,1-3H3,(H,23,24). The van der Waals surface area contributed by atoms with E-state index in [1.165, 1.54) is 14.2 Å². The summed E-state index contributed by atoms with van der Waals surface area (Å²) in [6.07, 6.45) is 4.19. The zero-order chi connectivity index (χ0) is 20.5. The number of fused-ring (bicyclic) bond motifs is 3. The maximum absolute atomic E-state index is 12.1. The van der Waals surface area contributed by atoms with Gasteiger partial charge in [-0.25, -0.2) is 14.6 Å². The minimum absolute atomic E-state index is 0.188. The molecule has 1 aliphatic heterocycles. The Labute approximate surface area is 168 Å². The predicted octanol–water partition coefficient (Wildman–Crippen LogP) is 2.52. The van der Waals surface area contributed by atoms with Crippen molar-refractivity contribution in [1.82, 2.24) is 9.97 Å². The Hall–Kier alpha value is -3.57. The van der Waals surface area contributed by atoms with Crippen LogP contribution in [-0.2, 0) is 25.5 Å². The Bertz CT molecular complexity index is 1090. The van der Waals surface area contributed by atoms with Gasteiger partial charge in [0.25, 0.3) is 0 Å². The van der Waals surface area contributed by atoms with Crippen molar-refractivity contribution in [3.63, 3.8) is 0 Å². The van der Waals surface area contributed by atoms with Crippen LogP contribution in [0.25, 0.3) is 11.3 Å². The van der Waals surface area contributed by atoms with Crippen LogP contribution in [0.4, 0.5) is 5.69 Å². The lowest BCUT2D eigenvalue weighted by molar-refractivity contribution is -0.135. The molecule has 2 heterocycles. The number of nitrogens with one attached hydrogen (secondary N) is 1. The molecule has 1 atom stereocenters. The fourth-order valence-electron chi connectivity index (χ4n) is 4.01. The van der Waals surface area contributed by atoms with Gasteiger partial charge in [0.15, 0.2) is 0 Å². The number of ether oxygens (including phenoxy) is 2. The minimum atomic E-state index is -0.560. The van der Waals surface area contributed by atoms with Crippen LogP contribution in [0, 0.1) is 6.92 Å². The number of benzene rings is 1. The summed E-state index contributed by atoms with van der Waals surface area (Å²) in [5.41, 5.74) is 4.40. The average Bonchev–Trinajstić information content (AvgIpc) is 3.06. The first kappa shape index (κ1) is 18.8. The van der Waals surface area contributed by atoms with Gasteiger partial charge in [-0.15, -0.1) is 0 Å². The molecule has 7 nitrogen and oxygen atoms in total. The second-order valence-electron chi connectivity index (χ2n) is 6.87. The first-order valence-electron chi connectivity index (χ1n) is 9.30. The van der Waals surface area contributed by atoms with Crippen molar-refractivity contribution in [3.05, 3.63) is 64.8 Å². The highest BCUT2D eigenvalue weighted by atomic mass is 16.5. The number of carbonyl (C=O) groups excluding carboxylic acids is 2. The largest absolute Gasteiger partial charge is 0.495 e. The first-order valence-corrected chi connectivity index (χ1v) is 9.30. The quantitative estimate of drug-likeness (QED) is 0.639. The minimum Gasteiger partial charge on any atom is -0.495 e. The van der Waals surface area contributed by atoms with Gasteiger partial charge in [0.05, 0.1) is 26.0 Å². The summed E-state index contributed by atoms with van der Waals surface area (Å²) >= 11 is 0. The molecular formula is C22H21N3O4. The maximum atomic E-state index is 12.1. The summed E-state index contributed by atoms with van der Waals surface area (Å²) in [7, 11) is 2.72. The molecule has 0 fully saturated rings. The third-order valence-electron chi connectivity index (χ3n) is 5.25. The Balaban J connectivity index is 1.82. The van der Waals surface area contributed by atoms with E-state index in [2.05, 4.69) is 14.9 Å². The van der Waals surface area contributed by atoms with E-state index in [1.807, 2.05) is 43.2 Å². The number of methoxy groups -OCH3 is 2. The smallest absolute Gasteiger partial charge is 0.341 e. The van der Waals surface area contributed by atoms with Crippen molar-refractivity contribution < 1.29 is 19.1 Å². The Morgan fingerprint density at radius 1 is 1.31 bits per heavy atom. The zero-order valence-corrected chi connectivity index (χ0v) is 16.5. The van der Waals surface area contributed by atoms with Crippen molar-refractivity contribution >= 4 is 17.6 Å². The van der Waals surface area contributed by atoms with Gasteiger partial charge >= 0.3 is 5.97 Å². The van der Waals surface area contributed by atoms with Crippen molar-refractivity contribution in [2.45, 2.75) is 19.4 Å². The molecule has 4 rings (SSSR count). The number of hydrogen-bond donors (Lipinski definition) is 1. The first-order chi connectivity index (χ1) is 14.1. The lowest BCUT2D eigenvalue weighted by atomic mass is 9.93. The van der Waals surface area contributed by atoms with E-state index in [9.17, 15) is 9.59 Å². The average molecular weight is 391 g/mol. The van der Waals surface area contributed by atoms with Crippen molar-refractivity contribution in [2.75, 3.05) is 25.7 Å². The number of hydrogen-bond acceptors (Lipinski definition) is 6. The summed E-state index contributed by atoms with van der Waals surface area (Å²) in [6.45, 7) is 2.59. The van der Waals surface area contributed by atoms with Crippen molar-refractivity contribution in [3.8, 4) is 11.3 Å². The van der Waals surface area contributed by atoms with Crippen LogP contribution < -0.4 is 4.90 Å². The number of rotatable bonds is 3. The molecule has 0 saturated carbocycles. The number of imidazole rings is 1. The number of nitrogens with zero attached hydrogens (tertiary/aromatic N) is 2. The molecular weight excluding hydrogens is 370 g/mol. The zero-order valence-electron chi connectivity index (χ0n) is 16.5. The third-order valence-corrected chi connectivity index (χ3v) is 5.25. The van der Waals surface area contributed by atoms with Gasteiger partial charge in [-0.2, -0.15) is 0 Å². The number of para-hydroxylation sites is 1. The third kappa shape index (κ3) is 3.05. The summed E-state index contributed by atoms with van der Waals surface area (Å²) < 4.78 is 10.2. The molecule has 1 aromatic carbocycles. The molecule has 2 aromatic rings. The number of aryl methyl sites for hydroxylation is 1. The van der Waals surface area contributed by atoms with E-state index in [0.717, 1.165) is 34.9 Å². The van der Waals surface area contributed by atoms with Gasteiger partial charge in [-0.3, -0.25) is 0 Å². The molecule has 1 unspecified atom stereocenters. The number of aromatic nitrogens is 2. The lowest BCUT2D eigenvalue weighted by Crippen LogP contribution is -2.39. The second-order valence-corrected chi connectivity index (χ2v) is 6.87. The number of esters is 1. The van der Waals surface area contributed by atoms with Gasteiger partial charge < -0.3 is 19.4 Å². The molecule has 0 radical (unpaired) electrons. The molecule has 0 amide bonds. The van der Waals surface area contributed by atoms with Crippen LogP contribution in [0.3, 0.4) is 0 Å². The molecule has 29 heavy (non-hydrogen) atoms. The van der Waals surface area contributed by atoms with E-state index < -0.39 is 12.0 Å². The van der Waals surface area contributed by atoms with Crippen LogP contribution >= 0.6 is 0 Å². The van der Waals surface area contributed by atoms with E-state index in [1.54, 1.807) is 6.08 Å². The van der Waals surface area contributed by atoms with Crippen molar-refractivity contribution in [1.29, 1.82) is 0 Å². The van der Waals surface area contributed by atoms with Gasteiger partial charge in [0, 0.05) is 29.9 Å². The molecule has 148 valence electrons. The van der Waals surface area contributed by atoms with Crippen molar-refractivity contribution in [2.24, 2.45) is 0 Å². The Kier molecular flexibility index (Phi) is 4.82. The number of carbonyl (C=O) groups is 1. The molecule has 2 aliphatic rings. The molecule has 7 heteroatoms. The SMILES string of the molecule is COC(=O)C1=C(OC)C(=C=O)C(N2CCc3[nH]c(C)nc3-c3ccccc32)C=C1. The molecule has 1 N–H and O–H groups in total. The second kappa shape index (κ2) is 7.45. The maximum Gasteiger partial charge on any atom is 0.341 e. The van der Waals surface area contributed by atoms with Crippen LogP contribution in [-0.4, -0.2) is 48.7 Å². The van der Waals surface area contributed by atoms with E-state index in [4.69, 9.17) is 9.47 Å². The highest BCUT2D eigenvalue weighted by Crippen LogP contribution is 2.39. The fourth-order valence-corrected chi connectivity index (χ4v) is 4.01. The Morgan fingerprint density at radius 3 is 2.83 bits per heavy atom. The number of anilines is 1. The summed E-state index contributed by atoms with van der Waals surface area (Å²) in [5.74, 6) is 2.50. The summed E-state index contributed by atoms with van der Waals surface area (Å²) in [5, 5.41) is 0. The van der Waals surface area contributed by atoms with E-state index in [0.29, 0.717) is 6.54 Å². The molecule has 1 aromatic heterocycles. The monoisotopic (exact) mass is 391 g/mol. The lowest BCUT2D eigenvalue weighted by Gasteiger charge is -2.34. The van der Waals surface area contributed by atoms with Crippen LogP contribution in [0.2, 0.25) is 0 Å². The molecule has 0 saturated heterocycles. The number of aromatic amines is 1. The highest BCUT2D eigenvalue weighted by Gasteiger charge is 2.34. The predicted molar refractivity (Wildman–Crippen MR) is 108 cm³/mol. The van der Waals surface area contributed by atoms with Gasteiger partial charge in [-0.05, 0) is 19.1 Å². The molecule has 0 spiro atoms. The van der Waals surface area contributed by atoms with E-state index in [-0.39, 0.29) is 16.9 Å². The van der Waals surface area contributed by atoms with Crippen LogP contribution in [0.5, 0.6) is 0 Å². The van der Waals surface area contributed by atoms with Gasteiger partial charge in [0.1, 0.15) is 28.7 Å². The molecule has 1 aliphatic carbocycles. The molecule has 0 bridgehead atoms. The van der Waals surface area contributed by atoms with Gasteiger partial charge in [-0.1, -0.05) is 24.3 Å². The highest BCUT2D eigenvalue weighted by molar-refractivity contribution is 5.95.